The van der Waals surface area contributed by atoms with E-state index in [9.17, 15) is 4.39 Å². The van der Waals surface area contributed by atoms with Gasteiger partial charge < -0.3 is 4.74 Å². The number of hydrogen-bond acceptors (Lipinski definition) is 4. The molecule has 0 N–H and O–H groups in total. The van der Waals surface area contributed by atoms with Crippen molar-refractivity contribution >= 4 is 11.8 Å². The van der Waals surface area contributed by atoms with Crippen LogP contribution in [0.2, 0.25) is 0 Å². The fraction of sp³-hybridized carbons (Fsp3) is 0.222. The summed E-state index contributed by atoms with van der Waals surface area (Å²) in [6.07, 6.45) is 1.71. The molecule has 0 spiro atoms. The molecule has 1 aromatic heterocycles. The Morgan fingerprint density at radius 3 is 2.79 bits per heavy atom. The summed E-state index contributed by atoms with van der Waals surface area (Å²) in [5.41, 5.74) is 3.44. The lowest BCUT2D eigenvalue weighted by molar-refractivity contribution is 0.325. The molecule has 0 fully saturated rings. The van der Waals surface area contributed by atoms with Crippen molar-refractivity contribution < 1.29 is 9.13 Å². The van der Waals surface area contributed by atoms with Gasteiger partial charge in [-0.25, -0.2) is 4.39 Å². The minimum atomic E-state index is -0.346. The van der Waals surface area contributed by atoms with Crippen LogP contribution in [0.25, 0.3) is 5.69 Å². The molecule has 0 aliphatic rings. The summed E-state index contributed by atoms with van der Waals surface area (Å²) >= 11 is 1.53. The maximum Gasteiger partial charge on any atom is 0.195 e. The van der Waals surface area contributed by atoms with Gasteiger partial charge >= 0.3 is 0 Å². The van der Waals surface area contributed by atoms with Crippen molar-refractivity contribution in [3.63, 3.8) is 0 Å². The van der Waals surface area contributed by atoms with Crippen molar-refractivity contribution in [3.8, 4) is 11.4 Å². The largest absolute Gasteiger partial charge is 0.490 e. The standard InChI is InChI=1S/C18H18FN3OS/c1-13-7-8-16(14(2)11-13)22-12-20-21-18(22)24-10-9-23-17-6-4-3-5-15(17)19/h3-8,11-12H,9-10H2,1-2H3. The lowest BCUT2D eigenvalue weighted by Gasteiger charge is -2.10. The van der Waals surface area contributed by atoms with Crippen LogP contribution in [0.15, 0.2) is 53.9 Å². The summed E-state index contributed by atoms with van der Waals surface area (Å²) in [6, 6.07) is 12.7. The Hall–Kier alpha value is -2.34. The van der Waals surface area contributed by atoms with Crippen molar-refractivity contribution in [1.29, 1.82) is 0 Å². The Morgan fingerprint density at radius 1 is 1.17 bits per heavy atom. The molecule has 124 valence electrons. The van der Waals surface area contributed by atoms with E-state index in [0.717, 1.165) is 10.8 Å². The number of ether oxygens (including phenoxy) is 1. The van der Waals surface area contributed by atoms with Gasteiger partial charge in [-0.2, -0.15) is 0 Å². The molecule has 3 aromatic rings. The van der Waals surface area contributed by atoms with Gasteiger partial charge in [-0.1, -0.05) is 41.6 Å². The lowest BCUT2D eigenvalue weighted by Crippen LogP contribution is -2.04. The van der Waals surface area contributed by atoms with E-state index in [1.165, 1.54) is 29.0 Å². The number of rotatable bonds is 6. The molecule has 0 aliphatic heterocycles. The SMILES string of the molecule is Cc1ccc(-n2cnnc2SCCOc2ccccc2F)c(C)c1. The number of hydrogen-bond donors (Lipinski definition) is 0. The molecule has 3 rings (SSSR count). The van der Waals surface area contributed by atoms with E-state index in [1.807, 2.05) is 4.57 Å². The van der Waals surface area contributed by atoms with Gasteiger partial charge in [0.2, 0.25) is 0 Å². The van der Waals surface area contributed by atoms with Crippen LogP contribution in [0.1, 0.15) is 11.1 Å². The summed E-state index contributed by atoms with van der Waals surface area (Å²) < 4.78 is 20.9. The van der Waals surface area contributed by atoms with Crippen molar-refractivity contribution in [2.24, 2.45) is 0 Å². The summed E-state index contributed by atoms with van der Waals surface area (Å²) in [4.78, 5) is 0. The van der Waals surface area contributed by atoms with Gasteiger partial charge in [-0.3, -0.25) is 4.57 Å². The van der Waals surface area contributed by atoms with E-state index >= 15 is 0 Å². The van der Waals surface area contributed by atoms with Crippen LogP contribution in [0.3, 0.4) is 0 Å². The van der Waals surface area contributed by atoms with Crippen LogP contribution in [-0.4, -0.2) is 27.1 Å². The number of aryl methyl sites for hydroxylation is 2. The van der Waals surface area contributed by atoms with Gasteiger partial charge in [0.25, 0.3) is 0 Å². The highest BCUT2D eigenvalue weighted by Crippen LogP contribution is 2.23. The lowest BCUT2D eigenvalue weighted by atomic mass is 10.1. The average Bonchev–Trinajstić information content (AvgIpc) is 3.01. The Kier molecular flexibility index (Phi) is 5.15. The molecule has 0 atom stereocenters. The third kappa shape index (κ3) is 3.76. The predicted molar refractivity (Wildman–Crippen MR) is 93.5 cm³/mol. The van der Waals surface area contributed by atoms with E-state index in [0.29, 0.717) is 12.4 Å². The van der Waals surface area contributed by atoms with Crippen molar-refractivity contribution in [2.75, 3.05) is 12.4 Å². The first-order valence-corrected chi connectivity index (χ1v) is 8.61. The second-order valence-electron chi connectivity index (χ2n) is 5.40. The van der Waals surface area contributed by atoms with Gasteiger partial charge in [-0.15, -0.1) is 10.2 Å². The zero-order valence-corrected chi connectivity index (χ0v) is 14.4. The first-order valence-electron chi connectivity index (χ1n) is 7.63. The maximum atomic E-state index is 13.5. The number of benzene rings is 2. The van der Waals surface area contributed by atoms with Crippen LogP contribution < -0.4 is 4.74 Å². The molecule has 0 saturated carbocycles. The zero-order chi connectivity index (χ0) is 16.9. The van der Waals surface area contributed by atoms with Crippen LogP contribution >= 0.6 is 11.8 Å². The topological polar surface area (TPSA) is 39.9 Å². The second kappa shape index (κ2) is 7.49. The zero-order valence-electron chi connectivity index (χ0n) is 13.6. The van der Waals surface area contributed by atoms with E-state index in [1.54, 1.807) is 24.5 Å². The molecule has 0 bridgehead atoms. The highest BCUT2D eigenvalue weighted by molar-refractivity contribution is 7.99. The molecule has 2 aromatic carbocycles. The number of nitrogens with zero attached hydrogens (tertiary/aromatic N) is 3. The molecular formula is C18H18FN3OS. The second-order valence-corrected chi connectivity index (χ2v) is 6.46. The monoisotopic (exact) mass is 343 g/mol. The van der Waals surface area contributed by atoms with Gasteiger partial charge in [-0.05, 0) is 37.6 Å². The smallest absolute Gasteiger partial charge is 0.195 e. The summed E-state index contributed by atoms with van der Waals surface area (Å²) in [5.74, 6) is 0.577. The van der Waals surface area contributed by atoms with Gasteiger partial charge in [0, 0.05) is 5.75 Å². The van der Waals surface area contributed by atoms with Crippen molar-refractivity contribution in [1.82, 2.24) is 14.8 Å². The summed E-state index contributed by atoms with van der Waals surface area (Å²) in [6.45, 7) is 4.53. The van der Waals surface area contributed by atoms with E-state index in [4.69, 9.17) is 4.74 Å². The Balaban J connectivity index is 1.63. The number of thioether (sulfide) groups is 1. The fourth-order valence-electron chi connectivity index (χ4n) is 2.41. The molecule has 0 amide bonds. The quantitative estimate of drug-likeness (QED) is 0.497. The molecule has 6 heteroatoms. The summed E-state index contributed by atoms with van der Waals surface area (Å²) in [7, 11) is 0. The number of para-hydroxylation sites is 1. The molecule has 0 aliphatic carbocycles. The van der Waals surface area contributed by atoms with Crippen LogP contribution in [-0.2, 0) is 0 Å². The number of aromatic nitrogens is 3. The van der Waals surface area contributed by atoms with Crippen LogP contribution in [0, 0.1) is 19.7 Å². The first kappa shape index (κ1) is 16.5. The van der Waals surface area contributed by atoms with Crippen LogP contribution in [0.4, 0.5) is 4.39 Å². The molecule has 1 heterocycles. The highest BCUT2D eigenvalue weighted by Gasteiger charge is 2.10. The minimum absolute atomic E-state index is 0.272. The predicted octanol–water partition coefficient (Wildman–Crippen LogP) is 4.19. The molecule has 4 nitrogen and oxygen atoms in total. The van der Waals surface area contributed by atoms with Gasteiger partial charge in [0.15, 0.2) is 16.7 Å². The Labute approximate surface area is 144 Å². The summed E-state index contributed by atoms with van der Waals surface area (Å²) in [5, 5.41) is 8.96. The van der Waals surface area contributed by atoms with E-state index in [-0.39, 0.29) is 11.6 Å². The molecule has 0 unspecified atom stereocenters. The first-order chi connectivity index (χ1) is 11.6. The van der Waals surface area contributed by atoms with Crippen LogP contribution in [0.5, 0.6) is 5.75 Å². The molecule has 24 heavy (non-hydrogen) atoms. The maximum absolute atomic E-state index is 13.5. The third-order valence-electron chi connectivity index (χ3n) is 3.54. The van der Waals surface area contributed by atoms with Gasteiger partial charge in [0.05, 0.1) is 12.3 Å². The minimum Gasteiger partial charge on any atom is -0.490 e. The molecular weight excluding hydrogens is 325 g/mol. The van der Waals surface area contributed by atoms with E-state index in [2.05, 4.69) is 42.2 Å². The fourth-order valence-corrected chi connectivity index (χ4v) is 3.15. The molecule has 0 radical (unpaired) electrons. The van der Waals surface area contributed by atoms with E-state index < -0.39 is 0 Å². The highest BCUT2D eigenvalue weighted by atomic mass is 32.2. The normalized spacial score (nSPS) is 10.8. The Morgan fingerprint density at radius 2 is 2.00 bits per heavy atom. The van der Waals surface area contributed by atoms with Gasteiger partial charge in [0.1, 0.15) is 6.33 Å². The molecule has 0 saturated heterocycles. The average molecular weight is 343 g/mol. The number of halogens is 1. The van der Waals surface area contributed by atoms with Crippen molar-refractivity contribution in [3.05, 3.63) is 65.7 Å². The third-order valence-corrected chi connectivity index (χ3v) is 4.44. The van der Waals surface area contributed by atoms with Crippen molar-refractivity contribution in [2.45, 2.75) is 19.0 Å². The Bertz CT molecular complexity index is 835.